The molecule has 1 N–H and O–H groups in total. The minimum atomic E-state index is -3.73. The Labute approximate surface area is 179 Å². The molecule has 0 aliphatic carbocycles. The first-order valence-corrected chi connectivity index (χ1v) is 11.0. The van der Waals surface area contributed by atoms with Crippen LogP contribution in [0.15, 0.2) is 53.4 Å². The van der Waals surface area contributed by atoms with Crippen LogP contribution in [0.1, 0.15) is 10.4 Å². The number of nitrogens with one attached hydrogen (secondary N) is 1. The molecule has 1 aliphatic heterocycles. The normalized spacial score (nSPS) is 15.2. The van der Waals surface area contributed by atoms with Crippen LogP contribution in [0.3, 0.4) is 0 Å². The second-order valence-corrected chi connectivity index (χ2v) is 9.16. The third kappa shape index (κ3) is 5.08. The van der Waals surface area contributed by atoms with Gasteiger partial charge >= 0.3 is 0 Å². The molecule has 7 nitrogen and oxygen atoms in total. The molecule has 0 unspecified atom stereocenters. The zero-order chi connectivity index (χ0) is 21.0. The minimum Gasteiger partial charge on any atom is -0.343 e. The Hall–Kier alpha value is -2.13. The third-order valence-electron chi connectivity index (χ3n) is 4.53. The van der Waals surface area contributed by atoms with Crippen LogP contribution in [0, 0.1) is 0 Å². The Morgan fingerprint density at radius 3 is 2.31 bits per heavy atom. The lowest BCUT2D eigenvalue weighted by Crippen LogP contribution is -2.52. The highest BCUT2D eigenvalue weighted by Gasteiger charge is 2.31. The summed E-state index contributed by atoms with van der Waals surface area (Å²) in [5.41, 5.74) is 0.362. The molecular formula is C19H19Cl2N3O4S. The number of sulfonamides is 1. The fraction of sp³-hybridized carbons (Fsp3) is 0.263. The molecule has 2 aromatic carbocycles. The molecule has 3 rings (SSSR count). The molecule has 10 heteroatoms. The molecule has 154 valence electrons. The van der Waals surface area contributed by atoms with E-state index >= 15 is 0 Å². The third-order valence-corrected chi connectivity index (χ3v) is 7.17. The van der Waals surface area contributed by atoms with Crippen LogP contribution in [-0.4, -0.2) is 62.2 Å². The van der Waals surface area contributed by atoms with E-state index < -0.39 is 15.9 Å². The van der Waals surface area contributed by atoms with Crippen molar-refractivity contribution in [2.75, 3.05) is 32.7 Å². The van der Waals surface area contributed by atoms with Crippen LogP contribution in [-0.2, 0) is 14.8 Å². The lowest BCUT2D eigenvalue weighted by molar-refractivity contribution is -0.131. The van der Waals surface area contributed by atoms with Gasteiger partial charge in [0.05, 0.1) is 11.6 Å². The summed E-state index contributed by atoms with van der Waals surface area (Å²) in [6, 6.07) is 12.7. The number of halogens is 2. The van der Waals surface area contributed by atoms with Gasteiger partial charge in [0.25, 0.3) is 5.91 Å². The summed E-state index contributed by atoms with van der Waals surface area (Å²) in [6.07, 6.45) is 0. The summed E-state index contributed by atoms with van der Waals surface area (Å²) in [5.74, 6) is -0.684. The Balaban J connectivity index is 1.54. The molecule has 0 atom stereocenters. The molecule has 0 bridgehead atoms. The van der Waals surface area contributed by atoms with E-state index in [1.165, 1.54) is 27.4 Å². The lowest BCUT2D eigenvalue weighted by Gasteiger charge is -2.34. The number of carbonyl (C=O) groups excluding carboxylic acids is 2. The van der Waals surface area contributed by atoms with Gasteiger partial charge in [0.1, 0.15) is 4.90 Å². The molecule has 0 spiro atoms. The van der Waals surface area contributed by atoms with Gasteiger partial charge in [0, 0.05) is 36.8 Å². The average Bonchev–Trinajstić information content (AvgIpc) is 2.72. The highest BCUT2D eigenvalue weighted by molar-refractivity contribution is 7.89. The monoisotopic (exact) mass is 455 g/mol. The van der Waals surface area contributed by atoms with E-state index in [9.17, 15) is 18.0 Å². The van der Waals surface area contributed by atoms with Crippen molar-refractivity contribution in [3.8, 4) is 0 Å². The van der Waals surface area contributed by atoms with Crippen molar-refractivity contribution in [2.45, 2.75) is 4.90 Å². The van der Waals surface area contributed by atoms with Crippen molar-refractivity contribution < 1.29 is 18.0 Å². The highest BCUT2D eigenvalue weighted by atomic mass is 35.5. The summed E-state index contributed by atoms with van der Waals surface area (Å²) in [4.78, 5) is 26.1. The van der Waals surface area contributed by atoms with Crippen molar-refractivity contribution >= 4 is 45.0 Å². The van der Waals surface area contributed by atoms with Gasteiger partial charge in [-0.05, 0) is 30.3 Å². The quantitative estimate of drug-likeness (QED) is 0.748. The van der Waals surface area contributed by atoms with E-state index in [1.807, 2.05) is 0 Å². The van der Waals surface area contributed by atoms with Crippen molar-refractivity contribution in [1.29, 1.82) is 0 Å². The summed E-state index contributed by atoms with van der Waals surface area (Å²) >= 11 is 11.9. The summed E-state index contributed by atoms with van der Waals surface area (Å²) in [7, 11) is -3.73. The zero-order valence-electron chi connectivity index (χ0n) is 15.3. The first kappa shape index (κ1) is 21.6. The molecule has 1 fully saturated rings. The maximum Gasteiger partial charge on any atom is 0.251 e. The number of amides is 2. The fourth-order valence-electron chi connectivity index (χ4n) is 2.97. The van der Waals surface area contributed by atoms with Crippen molar-refractivity contribution in [3.05, 3.63) is 64.1 Å². The van der Waals surface area contributed by atoms with Crippen LogP contribution in [0.25, 0.3) is 0 Å². The molecule has 0 saturated carbocycles. The van der Waals surface area contributed by atoms with Gasteiger partial charge in [-0.2, -0.15) is 4.31 Å². The SMILES string of the molecule is O=C(NCC(=O)N1CCN(S(=O)(=O)c2ccccc2Cl)CC1)c1cccc(Cl)c1. The van der Waals surface area contributed by atoms with E-state index in [0.717, 1.165) is 0 Å². The van der Waals surface area contributed by atoms with Gasteiger partial charge < -0.3 is 10.2 Å². The second kappa shape index (κ2) is 9.13. The van der Waals surface area contributed by atoms with Gasteiger partial charge in [-0.25, -0.2) is 8.42 Å². The second-order valence-electron chi connectivity index (χ2n) is 6.41. The Morgan fingerprint density at radius 1 is 0.966 bits per heavy atom. The number of nitrogens with zero attached hydrogens (tertiary/aromatic N) is 2. The van der Waals surface area contributed by atoms with Gasteiger partial charge in [-0.1, -0.05) is 41.4 Å². The molecule has 2 amide bonds. The first-order chi connectivity index (χ1) is 13.8. The fourth-order valence-corrected chi connectivity index (χ4v) is 5.08. The standard InChI is InChI=1S/C19H19Cl2N3O4S/c20-15-5-3-4-14(12-15)19(26)22-13-18(25)23-8-10-24(11-9-23)29(27,28)17-7-2-1-6-16(17)21/h1-7,12H,8-11,13H2,(H,22,26). The Morgan fingerprint density at radius 2 is 1.66 bits per heavy atom. The largest absolute Gasteiger partial charge is 0.343 e. The molecule has 29 heavy (non-hydrogen) atoms. The summed E-state index contributed by atoms with van der Waals surface area (Å²) in [5, 5.41) is 3.15. The van der Waals surface area contributed by atoms with E-state index in [4.69, 9.17) is 23.2 Å². The smallest absolute Gasteiger partial charge is 0.251 e. The Bertz CT molecular complexity index is 1020. The zero-order valence-corrected chi connectivity index (χ0v) is 17.7. The van der Waals surface area contributed by atoms with Gasteiger partial charge in [0.15, 0.2) is 0 Å². The van der Waals surface area contributed by atoms with E-state index in [2.05, 4.69) is 5.32 Å². The van der Waals surface area contributed by atoms with Crippen molar-refractivity contribution in [1.82, 2.24) is 14.5 Å². The van der Waals surface area contributed by atoms with Crippen molar-refractivity contribution in [3.63, 3.8) is 0 Å². The molecule has 2 aromatic rings. The van der Waals surface area contributed by atoms with Gasteiger partial charge in [-0.15, -0.1) is 0 Å². The maximum atomic E-state index is 12.8. The molecule has 1 aliphatic rings. The van der Waals surface area contributed by atoms with E-state index in [-0.39, 0.29) is 48.5 Å². The van der Waals surface area contributed by atoms with Crippen molar-refractivity contribution in [2.24, 2.45) is 0 Å². The molecule has 1 heterocycles. The van der Waals surface area contributed by atoms with Crippen LogP contribution in [0.4, 0.5) is 0 Å². The number of benzene rings is 2. The molecule has 0 aromatic heterocycles. The predicted molar refractivity (Wildman–Crippen MR) is 111 cm³/mol. The van der Waals surface area contributed by atoms with Crippen LogP contribution in [0.2, 0.25) is 10.0 Å². The maximum absolute atomic E-state index is 12.8. The topological polar surface area (TPSA) is 86.8 Å². The van der Waals surface area contributed by atoms with Crippen LogP contribution in [0.5, 0.6) is 0 Å². The number of rotatable bonds is 5. The molecule has 0 radical (unpaired) electrons. The molecule has 1 saturated heterocycles. The average molecular weight is 456 g/mol. The first-order valence-electron chi connectivity index (χ1n) is 8.85. The molecular weight excluding hydrogens is 437 g/mol. The number of piperazine rings is 1. The number of hydrogen-bond acceptors (Lipinski definition) is 4. The number of carbonyl (C=O) groups is 2. The van der Waals surface area contributed by atoms with E-state index in [1.54, 1.807) is 30.3 Å². The van der Waals surface area contributed by atoms with Gasteiger partial charge in [-0.3, -0.25) is 9.59 Å². The van der Waals surface area contributed by atoms with Crippen LogP contribution >= 0.6 is 23.2 Å². The predicted octanol–water partition coefficient (Wildman–Crippen LogP) is 2.26. The van der Waals surface area contributed by atoms with Gasteiger partial charge in [0.2, 0.25) is 15.9 Å². The van der Waals surface area contributed by atoms with E-state index in [0.29, 0.717) is 10.6 Å². The number of hydrogen-bond donors (Lipinski definition) is 1. The Kier molecular flexibility index (Phi) is 6.79. The summed E-state index contributed by atoms with van der Waals surface area (Å²) < 4.78 is 26.8. The summed E-state index contributed by atoms with van der Waals surface area (Å²) in [6.45, 7) is 0.594. The van der Waals surface area contributed by atoms with Crippen LogP contribution < -0.4 is 5.32 Å². The lowest BCUT2D eigenvalue weighted by atomic mass is 10.2. The highest BCUT2D eigenvalue weighted by Crippen LogP contribution is 2.25. The minimum absolute atomic E-state index is 0.0511.